The Hall–Kier alpha value is -2.75. The number of quaternary nitrogens is 1. The Bertz CT molecular complexity index is 1320. The van der Waals surface area contributed by atoms with Gasteiger partial charge in [-0.25, -0.2) is 4.79 Å². The fraction of sp³-hybridized carbons (Fsp3) is 0.825. The highest BCUT2D eigenvalue weighted by atomic mass is 16.7. The summed E-state index contributed by atoms with van der Waals surface area (Å²) in [6, 6.07) is 0. The van der Waals surface area contributed by atoms with Crippen molar-refractivity contribution in [1.82, 2.24) is 0 Å². The minimum absolute atomic E-state index is 0.184. The van der Waals surface area contributed by atoms with Crippen LogP contribution in [0.5, 0.6) is 0 Å². The van der Waals surface area contributed by atoms with Crippen molar-refractivity contribution in [2.45, 2.75) is 289 Å². The molecule has 0 aromatic carbocycles. The Morgan fingerprint density at radius 3 is 1.12 bits per heavy atom. The summed E-state index contributed by atoms with van der Waals surface area (Å²) in [5.41, 5.74) is 0. The molecule has 0 aliphatic heterocycles. The number of nitrogens with zero attached hydrogens (tertiary/aromatic N) is 1. The van der Waals surface area contributed by atoms with E-state index in [9.17, 15) is 19.5 Å². The molecule has 2 unspecified atom stereocenters. The highest BCUT2D eigenvalue weighted by Gasteiger charge is 2.25. The average Bonchev–Trinajstić information content (AvgIpc) is 3.35. The number of hydrogen-bond acceptors (Lipinski definition) is 7. The molecule has 0 amide bonds. The molecule has 0 bridgehead atoms. The van der Waals surface area contributed by atoms with Gasteiger partial charge < -0.3 is 28.5 Å². The first kappa shape index (κ1) is 69.2. The number of carboxylic acids is 1. The number of carbonyl (C=O) groups excluding carboxylic acids is 2. The lowest BCUT2D eigenvalue weighted by atomic mass is 10.0. The van der Waals surface area contributed by atoms with Crippen molar-refractivity contribution in [3.63, 3.8) is 0 Å². The number of carboxylic acid groups (broad SMARTS) is 1. The summed E-state index contributed by atoms with van der Waals surface area (Å²) in [4.78, 5) is 37.4. The fourth-order valence-electron chi connectivity index (χ4n) is 8.60. The van der Waals surface area contributed by atoms with Crippen LogP contribution in [0.2, 0.25) is 0 Å². The number of rotatable bonds is 56. The summed E-state index contributed by atoms with van der Waals surface area (Å²) in [5, 5.41) is 9.69. The molecular formula is C63H116NO8+. The molecular weight excluding hydrogens is 899 g/mol. The van der Waals surface area contributed by atoms with Gasteiger partial charge in [0.25, 0.3) is 6.29 Å². The first-order chi connectivity index (χ1) is 35.1. The zero-order valence-corrected chi connectivity index (χ0v) is 47.8. The van der Waals surface area contributed by atoms with Crippen molar-refractivity contribution >= 4 is 17.9 Å². The third-order valence-corrected chi connectivity index (χ3v) is 13.3. The average molecular weight is 1020 g/mol. The lowest BCUT2D eigenvalue weighted by Crippen LogP contribution is -2.40. The van der Waals surface area contributed by atoms with Crippen LogP contribution in [0.15, 0.2) is 48.6 Å². The first-order valence-electron chi connectivity index (χ1n) is 30.3. The van der Waals surface area contributed by atoms with Gasteiger partial charge in [-0.15, -0.1) is 0 Å². The van der Waals surface area contributed by atoms with Gasteiger partial charge in [-0.1, -0.05) is 236 Å². The summed E-state index contributed by atoms with van der Waals surface area (Å²) < 4.78 is 22.9. The van der Waals surface area contributed by atoms with Crippen molar-refractivity contribution in [3.8, 4) is 0 Å². The third-order valence-electron chi connectivity index (χ3n) is 13.3. The summed E-state index contributed by atoms with van der Waals surface area (Å²) in [7, 11) is 5.97. The number of aliphatic carboxylic acids is 1. The normalized spacial score (nSPS) is 13.1. The molecule has 420 valence electrons. The predicted molar refractivity (Wildman–Crippen MR) is 304 cm³/mol. The van der Waals surface area contributed by atoms with Gasteiger partial charge in [-0.3, -0.25) is 9.59 Å². The molecule has 9 heteroatoms. The Labute approximate surface area is 444 Å². The molecule has 0 saturated heterocycles. The zero-order valence-electron chi connectivity index (χ0n) is 47.8. The van der Waals surface area contributed by atoms with E-state index < -0.39 is 24.3 Å². The summed E-state index contributed by atoms with van der Waals surface area (Å²) >= 11 is 0. The van der Waals surface area contributed by atoms with E-state index in [1.807, 2.05) is 21.1 Å². The van der Waals surface area contributed by atoms with Gasteiger partial charge in [-0.05, 0) is 77.0 Å². The first-order valence-corrected chi connectivity index (χ1v) is 30.3. The van der Waals surface area contributed by atoms with E-state index in [1.165, 1.54) is 180 Å². The summed E-state index contributed by atoms with van der Waals surface area (Å²) in [6.07, 6.45) is 64.9. The van der Waals surface area contributed by atoms with Crippen molar-refractivity contribution < 1.29 is 42.9 Å². The Morgan fingerprint density at radius 1 is 0.417 bits per heavy atom. The number of ether oxygens (including phenoxy) is 4. The highest BCUT2D eigenvalue weighted by molar-refractivity contribution is 5.71. The van der Waals surface area contributed by atoms with E-state index in [0.717, 1.165) is 70.6 Å². The molecule has 0 aliphatic carbocycles. The lowest BCUT2D eigenvalue weighted by Gasteiger charge is -2.25. The molecule has 0 radical (unpaired) electrons. The van der Waals surface area contributed by atoms with Gasteiger partial charge in [0.2, 0.25) is 0 Å². The molecule has 0 fully saturated rings. The van der Waals surface area contributed by atoms with Gasteiger partial charge >= 0.3 is 17.9 Å². The van der Waals surface area contributed by atoms with Crippen molar-refractivity contribution in [1.29, 1.82) is 0 Å². The molecule has 72 heavy (non-hydrogen) atoms. The molecule has 0 spiro atoms. The largest absolute Gasteiger partial charge is 0.477 e. The minimum Gasteiger partial charge on any atom is -0.477 e. The Balaban J connectivity index is 4.08. The van der Waals surface area contributed by atoms with Gasteiger partial charge in [0, 0.05) is 12.8 Å². The maximum atomic E-state index is 12.9. The van der Waals surface area contributed by atoms with E-state index >= 15 is 0 Å². The second-order valence-corrected chi connectivity index (χ2v) is 21.7. The molecule has 2 atom stereocenters. The molecule has 0 saturated carbocycles. The summed E-state index contributed by atoms with van der Waals surface area (Å²) in [6.45, 7) is 4.87. The van der Waals surface area contributed by atoms with Crippen LogP contribution in [-0.2, 0) is 33.3 Å². The molecule has 0 aromatic heterocycles. The molecule has 0 aliphatic rings. The van der Waals surface area contributed by atoms with E-state index in [2.05, 4.69) is 62.5 Å². The lowest BCUT2D eigenvalue weighted by molar-refractivity contribution is -0.870. The van der Waals surface area contributed by atoms with Gasteiger partial charge in [0.1, 0.15) is 13.2 Å². The number of unbranched alkanes of at least 4 members (excludes halogenated alkanes) is 33. The number of likely N-dealkylation sites (N-methyl/N-ethyl adjacent to an activating group) is 1. The second-order valence-electron chi connectivity index (χ2n) is 21.7. The van der Waals surface area contributed by atoms with E-state index in [0.29, 0.717) is 17.4 Å². The second kappa shape index (κ2) is 54.5. The molecule has 9 nitrogen and oxygen atoms in total. The van der Waals surface area contributed by atoms with Gasteiger partial charge in [0.05, 0.1) is 34.4 Å². The van der Waals surface area contributed by atoms with Gasteiger partial charge in [-0.2, -0.15) is 0 Å². The van der Waals surface area contributed by atoms with E-state index in [-0.39, 0.29) is 32.2 Å². The van der Waals surface area contributed by atoms with Crippen LogP contribution in [0.4, 0.5) is 0 Å². The van der Waals surface area contributed by atoms with E-state index in [1.54, 1.807) is 0 Å². The highest BCUT2D eigenvalue weighted by Crippen LogP contribution is 2.17. The predicted octanol–water partition coefficient (Wildman–Crippen LogP) is 17.9. The quantitative estimate of drug-likeness (QED) is 0.0211. The third kappa shape index (κ3) is 55.0. The number of allylic oxidation sites excluding steroid dienone is 8. The Morgan fingerprint density at radius 2 is 0.750 bits per heavy atom. The van der Waals surface area contributed by atoms with Crippen molar-refractivity contribution in [2.24, 2.45) is 0 Å². The Kier molecular flexibility index (Phi) is 52.4. The van der Waals surface area contributed by atoms with Crippen LogP contribution in [0.25, 0.3) is 0 Å². The molecule has 0 heterocycles. The molecule has 1 N–H and O–H groups in total. The number of esters is 2. The minimum atomic E-state index is -1.51. The van der Waals surface area contributed by atoms with Crippen molar-refractivity contribution in [3.05, 3.63) is 48.6 Å². The van der Waals surface area contributed by atoms with Crippen molar-refractivity contribution in [2.75, 3.05) is 47.5 Å². The van der Waals surface area contributed by atoms with Crippen LogP contribution in [0, 0.1) is 0 Å². The topological polar surface area (TPSA) is 108 Å². The SMILES string of the molecule is CCCCCCC/C=C\C/C=C\C/C=C\CCCCCCCCCCCCCCCCCCCCC(=O)OC(COC(=O)CCCCCCC/C=C\CCCCCCC)COC(OCC[N+](C)(C)C)C(=O)O. The maximum Gasteiger partial charge on any atom is 0.361 e. The summed E-state index contributed by atoms with van der Waals surface area (Å²) in [5.74, 6) is -2.00. The standard InChI is InChI=1S/C63H115NO8/c1-6-8-10-12-14-16-18-20-22-23-24-25-26-27-28-29-30-31-32-33-34-35-36-37-38-39-40-42-44-46-48-50-52-54-61(66)72-59(58-71-63(62(67)68)69-56-55-64(3,4)5)57-70-60(65)53-51-49-47-45-43-41-21-19-17-15-13-11-9-7-2/h18-21,23-24,26-27,59,63H,6-17,22,25,28-58H2,1-5H3/p+1/b20-18-,21-19-,24-23-,27-26-. The van der Waals surface area contributed by atoms with Gasteiger partial charge in [0.15, 0.2) is 6.10 Å². The zero-order chi connectivity index (χ0) is 52.7. The van der Waals surface area contributed by atoms with Crippen LogP contribution >= 0.6 is 0 Å². The van der Waals surface area contributed by atoms with E-state index in [4.69, 9.17) is 18.9 Å². The smallest absolute Gasteiger partial charge is 0.361 e. The fourth-order valence-corrected chi connectivity index (χ4v) is 8.60. The van der Waals surface area contributed by atoms with Crippen LogP contribution in [0.3, 0.4) is 0 Å². The number of carbonyl (C=O) groups is 3. The number of hydrogen-bond donors (Lipinski definition) is 1. The van der Waals surface area contributed by atoms with Crippen LogP contribution in [-0.4, -0.2) is 87.4 Å². The maximum absolute atomic E-state index is 12.9. The molecule has 0 rings (SSSR count). The molecule has 0 aromatic rings. The van der Waals surface area contributed by atoms with Crippen LogP contribution in [0.1, 0.15) is 277 Å². The monoisotopic (exact) mass is 1010 g/mol. The van der Waals surface area contributed by atoms with Crippen LogP contribution < -0.4 is 0 Å².